The lowest BCUT2D eigenvalue weighted by Crippen LogP contribution is -2.31. The highest BCUT2D eigenvalue weighted by atomic mass is 16.5. The Labute approximate surface area is 141 Å². The predicted octanol–water partition coefficient (Wildman–Crippen LogP) is 2.77. The molecule has 0 saturated heterocycles. The Kier molecular flexibility index (Phi) is 5.01. The lowest BCUT2D eigenvalue weighted by atomic mass is 10.3. The average Bonchev–Trinajstić information content (AvgIpc) is 2.87. The van der Waals surface area contributed by atoms with Gasteiger partial charge in [0.25, 0.3) is 0 Å². The fourth-order valence-corrected chi connectivity index (χ4v) is 2.90. The molecule has 0 amide bonds. The van der Waals surface area contributed by atoms with Gasteiger partial charge in [-0.1, -0.05) is 37.3 Å². The van der Waals surface area contributed by atoms with Gasteiger partial charge in [0.1, 0.15) is 18.5 Å². The number of hydrogen-bond acceptors (Lipinski definition) is 3. The summed E-state index contributed by atoms with van der Waals surface area (Å²) in [4.78, 5) is 0. The molecule has 3 rings (SSSR count). The molecular weight excluding hydrogens is 302 g/mol. The number of aliphatic hydroxyl groups excluding tert-OH is 1. The van der Waals surface area contributed by atoms with Crippen LogP contribution in [0.3, 0.4) is 0 Å². The zero-order valence-electron chi connectivity index (χ0n) is 13.9. The van der Waals surface area contributed by atoms with Crippen LogP contribution in [0.15, 0.2) is 54.6 Å². The third-order valence-corrected chi connectivity index (χ3v) is 4.00. The summed E-state index contributed by atoms with van der Waals surface area (Å²) in [6.07, 6.45) is 0.282. The SMILES string of the molecule is CCCn1c(=N)n(C[C@@H](O)COc2ccccc2)c2ccccc21. The van der Waals surface area contributed by atoms with Gasteiger partial charge in [-0.15, -0.1) is 0 Å². The first-order chi connectivity index (χ1) is 11.7. The second-order valence-corrected chi connectivity index (χ2v) is 5.85. The van der Waals surface area contributed by atoms with Crippen molar-refractivity contribution in [2.24, 2.45) is 0 Å². The molecular formula is C19H23N3O2. The van der Waals surface area contributed by atoms with Gasteiger partial charge in [-0.25, -0.2) is 0 Å². The minimum Gasteiger partial charge on any atom is -0.491 e. The normalized spacial score (nSPS) is 12.4. The summed E-state index contributed by atoms with van der Waals surface area (Å²) < 4.78 is 9.45. The minimum absolute atomic E-state index is 0.198. The van der Waals surface area contributed by atoms with Crippen LogP contribution in [-0.2, 0) is 13.1 Å². The van der Waals surface area contributed by atoms with Crippen molar-refractivity contribution >= 4 is 11.0 Å². The summed E-state index contributed by atoms with van der Waals surface area (Å²) in [5.74, 6) is 0.737. The predicted molar refractivity (Wildman–Crippen MR) is 94.0 cm³/mol. The number of nitrogens with one attached hydrogen (secondary N) is 1. The van der Waals surface area contributed by atoms with E-state index in [0.717, 1.165) is 29.7 Å². The Balaban J connectivity index is 1.79. The summed E-state index contributed by atoms with van der Waals surface area (Å²) in [5.41, 5.74) is 2.41. The smallest absolute Gasteiger partial charge is 0.203 e. The van der Waals surface area contributed by atoms with Crippen molar-refractivity contribution in [3.05, 3.63) is 60.2 Å². The van der Waals surface area contributed by atoms with E-state index in [1.54, 1.807) is 0 Å². The summed E-state index contributed by atoms with van der Waals surface area (Å²) in [5, 5.41) is 18.8. The number of para-hydroxylation sites is 3. The number of hydrogen-bond donors (Lipinski definition) is 2. The van der Waals surface area contributed by atoms with E-state index in [1.165, 1.54) is 0 Å². The number of imidazole rings is 1. The Hall–Kier alpha value is -2.53. The van der Waals surface area contributed by atoms with Crippen LogP contribution in [0.25, 0.3) is 11.0 Å². The number of aromatic nitrogens is 2. The van der Waals surface area contributed by atoms with E-state index in [4.69, 9.17) is 10.1 Å². The highest BCUT2D eigenvalue weighted by Crippen LogP contribution is 2.14. The van der Waals surface area contributed by atoms with Crippen LogP contribution in [-0.4, -0.2) is 27.0 Å². The van der Waals surface area contributed by atoms with Gasteiger partial charge in [-0.2, -0.15) is 0 Å². The second kappa shape index (κ2) is 7.36. The molecule has 2 aromatic carbocycles. The van der Waals surface area contributed by atoms with Crippen LogP contribution in [0.5, 0.6) is 5.75 Å². The first kappa shape index (κ1) is 16.3. The van der Waals surface area contributed by atoms with Crippen molar-refractivity contribution in [2.75, 3.05) is 6.61 Å². The molecule has 0 saturated carbocycles. The fourth-order valence-electron chi connectivity index (χ4n) is 2.90. The molecule has 1 heterocycles. The van der Waals surface area contributed by atoms with Crippen LogP contribution >= 0.6 is 0 Å². The molecule has 1 atom stereocenters. The topological polar surface area (TPSA) is 63.2 Å². The van der Waals surface area contributed by atoms with Crippen molar-refractivity contribution in [1.29, 1.82) is 5.41 Å². The number of rotatable bonds is 7. The Morgan fingerprint density at radius 2 is 1.62 bits per heavy atom. The average molecular weight is 325 g/mol. The number of ether oxygens (including phenoxy) is 1. The third-order valence-electron chi connectivity index (χ3n) is 4.00. The van der Waals surface area contributed by atoms with E-state index in [1.807, 2.05) is 63.7 Å². The number of aryl methyl sites for hydroxylation is 1. The zero-order chi connectivity index (χ0) is 16.9. The van der Waals surface area contributed by atoms with E-state index in [0.29, 0.717) is 12.2 Å². The largest absolute Gasteiger partial charge is 0.491 e. The van der Waals surface area contributed by atoms with E-state index in [2.05, 4.69) is 6.92 Å². The van der Waals surface area contributed by atoms with Crippen molar-refractivity contribution in [3.8, 4) is 5.75 Å². The molecule has 1 aromatic heterocycles. The molecule has 24 heavy (non-hydrogen) atoms. The molecule has 0 aliphatic heterocycles. The maximum atomic E-state index is 10.3. The quantitative estimate of drug-likeness (QED) is 0.701. The fraction of sp³-hybridized carbons (Fsp3) is 0.316. The molecule has 0 bridgehead atoms. The van der Waals surface area contributed by atoms with Gasteiger partial charge < -0.3 is 19.0 Å². The Bertz CT molecular complexity index is 852. The van der Waals surface area contributed by atoms with Crippen molar-refractivity contribution in [2.45, 2.75) is 32.5 Å². The molecule has 0 radical (unpaired) electrons. The van der Waals surface area contributed by atoms with E-state index < -0.39 is 6.10 Å². The summed E-state index contributed by atoms with van der Waals surface area (Å²) >= 11 is 0. The lowest BCUT2D eigenvalue weighted by molar-refractivity contribution is 0.0921. The van der Waals surface area contributed by atoms with Gasteiger partial charge in [0.05, 0.1) is 17.6 Å². The van der Waals surface area contributed by atoms with Crippen LogP contribution in [0.4, 0.5) is 0 Å². The van der Waals surface area contributed by atoms with Gasteiger partial charge in [-0.3, -0.25) is 5.41 Å². The van der Waals surface area contributed by atoms with Gasteiger partial charge in [0, 0.05) is 6.54 Å². The van der Waals surface area contributed by atoms with E-state index >= 15 is 0 Å². The molecule has 3 aromatic rings. The summed E-state index contributed by atoms with van der Waals surface area (Å²) in [6, 6.07) is 17.4. The number of fused-ring (bicyclic) bond motifs is 1. The molecule has 0 spiro atoms. The number of benzene rings is 2. The lowest BCUT2D eigenvalue weighted by Gasteiger charge is -2.13. The molecule has 2 N–H and O–H groups in total. The van der Waals surface area contributed by atoms with Crippen LogP contribution in [0.1, 0.15) is 13.3 Å². The zero-order valence-corrected chi connectivity index (χ0v) is 13.9. The van der Waals surface area contributed by atoms with Crippen LogP contribution < -0.4 is 10.4 Å². The maximum absolute atomic E-state index is 10.3. The monoisotopic (exact) mass is 325 g/mol. The summed E-state index contributed by atoms with van der Waals surface area (Å²) in [7, 11) is 0. The van der Waals surface area contributed by atoms with Crippen LogP contribution in [0, 0.1) is 5.41 Å². The Morgan fingerprint density at radius 1 is 1.00 bits per heavy atom. The van der Waals surface area contributed by atoms with Gasteiger partial charge in [0.15, 0.2) is 0 Å². The van der Waals surface area contributed by atoms with Gasteiger partial charge in [0.2, 0.25) is 5.62 Å². The van der Waals surface area contributed by atoms with Crippen molar-refractivity contribution in [3.63, 3.8) is 0 Å². The first-order valence-corrected chi connectivity index (χ1v) is 8.29. The second-order valence-electron chi connectivity index (χ2n) is 5.85. The van der Waals surface area contributed by atoms with Crippen molar-refractivity contribution < 1.29 is 9.84 Å². The standard InChI is InChI=1S/C19H23N3O2/c1-2-12-21-17-10-6-7-11-18(17)22(19(21)20)13-15(23)14-24-16-8-4-3-5-9-16/h3-11,15,20,23H,2,12-14H2,1H3/t15-/m1/s1. The first-order valence-electron chi connectivity index (χ1n) is 8.29. The molecule has 0 aliphatic carbocycles. The molecule has 5 heteroatoms. The summed E-state index contributed by atoms with van der Waals surface area (Å²) in [6.45, 7) is 3.43. The van der Waals surface area contributed by atoms with E-state index in [9.17, 15) is 5.11 Å². The third kappa shape index (κ3) is 3.36. The van der Waals surface area contributed by atoms with E-state index in [-0.39, 0.29) is 6.61 Å². The number of nitrogens with zero attached hydrogens (tertiary/aromatic N) is 2. The number of aliphatic hydroxyl groups is 1. The highest BCUT2D eigenvalue weighted by molar-refractivity contribution is 5.75. The molecule has 0 fully saturated rings. The van der Waals surface area contributed by atoms with Crippen LogP contribution in [0.2, 0.25) is 0 Å². The maximum Gasteiger partial charge on any atom is 0.203 e. The molecule has 0 aliphatic rings. The molecule has 5 nitrogen and oxygen atoms in total. The molecule has 126 valence electrons. The Morgan fingerprint density at radius 3 is 2.29 bits per heavy atom. The van der Waals surface area contributed by atoms with Gasteiger partial charge in [-0.05, 0) is 30.7 Å². The highest BCUT2D eigenvalue weighted by Gasteiger charge is 2.14. The molecule has 0 unspecified atom stereocenters. The minimum atomic E-state index is -0.680. The van der Waals surface area contributed by atoms with Gasteiger partial charge >= 0.3 is 0 Å². The van der Waals surface area contributed by atoms with Crippen molar-refractivity contribution in [1.82, 2.24) is 9.13 Å².